The van der Waals surface area contributed by atoms with Crippen molar-refractivity contribution in [3.63, 3.8) is 0 Å². The van der Waals surface area contributed by atoms with Gasteiger partial charge in [0.15, 0.2) is 0 Å². The summed E-state index contributed by atoms with van der Waals surface area (Å²) in [4.78, 5) is 15.2. The molecule has 1 aliphatic rings. The summed E-state index contributed by atoms with van der Waals surface area (Å²) >= 11 is 6.82. The molecule has 17 heavy (non-hydrogen) atoms. The number of rotatable bonds is 2. The van der Waals surface area contributed by atoms with Gasteiger partial charge in [-0.2, -0.15) is 0 Å². The van der Waals surface area contributed by atoms with Gasteiger partial charge in [0.1, 0.15) is 0 Å². The van der Waals surface area contributed by atoms with Gasteiger partial charge in [0.25, 0.3) is 5.91 Å². The Balaban J connectivity index is 1.80. The predicted molar refractivity (Wildman–Crippen MR) is 77.5 cm³/mol. The Morgan fingerprint density at radius 1 is 1.53 bits per heavy atom. The minimum absolute atomic E-state index is 0.210. The lowest BCUT2D eigenvalue weighted by Crippen LogP contribution is -2.28. The van der Waals surface area contributed by atoms with Crippen LogP contribution in [0.5, 0.6) is 0 Å². The molecule has 90 valence electrons. The number of hydrogen-bond donors (Lipinski definition) is 0. The number of carbonyl (C=O) groups excluding carboxylic acids is 1. The van der Waals surface area contributed by atoms with Gasteiger partial charge in [0.05, 0.1) is 4.88 Å². The highest BCUT2D eigenvalue weighted by Gasteiger charge is 2.27. The first-order valence-electron chi connectivity index (χ1n) is 5.60. The molecule has 2 aromatic rings. The number of fused-ring (bicyclic) bond motifs is 1. The first-order valence-corrected chi connectivity index (χ1v) is 8.42. The highest BCUT2D eigenvalue weighted by molar-refractivity contribution is 9.09. The van der Waals surface area contributed by atoms with Crippen molar-refractivity contribution in [2.45, 2.75) is 6.42 Å². The zero-order valence-electron chi connectivity index (χ0n) is 9.19. The van der Waals surface area contributed by atoms with Gasteiger partial charge in [-0.05, 0) is 29.9 Å². The molecular formula is C12H12BrNOS2. The van der Waals surface area contributed by atoms with E-state index in [1.54, 1.807) is 22.7 Å². The number of carbonyl (C=O) groups is 1. The second kappa shape index (κ2) is 4.71. The van der Waals surface area contributed by atoms with Crippen LogP contribution in [0.2, 0.25) is 0 Å². The van der Waals surface area contributed by atoms with E-state index in [0.717, 1.165) is 29.7 Å². The smallest absolute Gasteiger partial charge is 0.264 e. The molecule has 3 heterocycles. The van der Waals surface area contributed by atoms with E-state index in [2.05, 4.69) is 27.4 Å². The van der Waals surface area contributed by atoms with E-state index < -0.39 is 0 Å². The Hall–Kier alpha value is -0.390. The van der Waals surface area contributed by atoms with E-state index in [0.29, 0.717) is 5.92 Å². The van der Waals surface area contributed by atoms with Gasteiger partial charge >= 0.3 is 0 Å². The summed E-state index contributed by atoms with van der Waals surface area (Å²) in [6.45, 7) is 1.80. The van der Waals surface area contributed by atoms with Gasteiger partial charge in [-0.15, -0.1) is 22.7 Å². The first-order chi connectivity index (χ1) is 8.28. The molecule has 0 saturated carbocycles. The monoisotopic (exact) mass is 329 g/mol. The summed E-state index contributed by atoms with van der Waals surface area (Å²) in [5.41, 5.74) is 0. The zero-order chi connectivity index (χ0) is 11.8. The highest BCUT2D eigenvalue weighted by atomic mass is 79.9. The van der Waals surface area contributed by atoms with Crippen molar-refractivity contribution in [1.82, 2.24) is 4.90 Å². The van der Waals surface area contributed by atoms with Crippen molar-refractivity contribution in [3.8, 4) is 0 Å². The molecule has 0 N–H and O–H groups in total. The summed E-state index contributed by atoms with van der Waals surface area (Å²) in [5, 5.41) is 3.07. The van der Waals surface area contributed by atoms with E-state index in [1.807, 2.05) is 11.0 Å². The summed E-state index contributed by atoms with van der Waals surface area (Å²) in [7, 11) is 0. The first kappa shape index (κ1) is 11.7. The molecule has 1 amide bonds. The summed E-state index contributed by atoms with van der Waals surface area (Å²) < 4.78 is 2.46. The minimum Gasteiger partial charge on any atom is -0.338 e. The van der Waals surface area contributed by atoms with Crippen LogP contribution in [0.3, 0.4) is 0 Å². The fourth-order valence-electron chi connectivity index (χ4n) is 2.17. The fourth-order valence-corrected chi connectivity index (χ4v) is 4.78. The maximum Gasteiger partial charge on any atom is 0.264 e. The molecule has 1 aliphatic heterocycles. The molecule has 2 aromatic heterocycles. The lowest BCUT2D eigenvalue weighted by molar-refractivity contribution is 0.0793. The molecular weight excluding hydrogens is 318 g/mol. The quantitative estimate of drug-likeness (QED) is 0.767. The molecule has 2 nitrogen and oxygen atoms in total. The number of halogens is 1. The van der Waals surface area contributed by atoms with Gasteiger partial charge in [0, 0.05) is 27.8 Å². The highest BCUT2D eigenvalue weighted by Crippen LogP contribution is 2.31. The molecule has 5 heteroatoms. The topological polar surface area (TPSA) is 20.3 Å². The number of amides is 1. The van der Waals surface area contributed by atoms with Crippen LogP contribution in [0, 0.1) is 5.92 Å². The largest absolute Gasteiger partial charge is 0.338 e. The van der Waals surface area contributed by atoms with Crippen LogP contribution < -0.4 is 0 Å². The number of likely N-dealkylation sites (tertiary alicyclic amines) is 1. The number of nitrogens with zero attached hydrogens (tertiary/aromatic N) is 1. The normalized spacial score (nSPS) is 20.3. The lowest BCUT2D eigenvalue weighted by atomic mass is 10.2. The molecule has 0 spiro atoms. The zero-order valence-corrected chi connectivity index (χ0v) is 12.4. The number of hydrogen-bond acceptors (Lipinski definition) is 3. The third-order valence-electron chi connectivity index (χ3n) is 3.14. The fraction of sp³-hybridized carbons (Fsp3) is 0.417. The van der Waals surface area contributed by atoms with Crippen molar-refractivity contribution >= 4 is 53.9 Å². The average Bonchev–Trinajstić information content (AvgIpc) is 3.02. The van der Waals surface area contributed by atoms with Gasteiger partial charge in [-0.25, -0.2) is 0 Å². The van der Waals surface area contributed by atoms with Crippen LogP contribution in [-0.2, 0) is 0 Å². The minimum atomic E-state index is 0.210. The van der Waals surface area contributed by atoms with Gasteiger partial charge in [-0.3, -0.25) is 4.79 Å². The Bertz CT molecular complexity index is 519. The Labute approximate surface area is 116 Å². The van der Waals surface area contributed by atoms with Crippen molar-refractivity contribution in [2.75, 3.05) is 18.4 Å². The number of thiophene rings is 2. The molecule has 3 rings (SSSR count). The summed E-state index contributed by atoms with van der Waals surface area (Å²) in [5.74, 6) is 0.835. The van der Waals surface area contributed by atoms with Gasteiger partial charge in [-0.1, -0.05) is 15.9 Å². The van der Waals surface area contributed by atoms with Crippen molar-refractivity contribution < 1.29 is 4.79 Å². The second-order valence-electron chi connectivity index (χ2n) is 4.32. The van der Waals surface area contributed by atoms with Crippen LogP contribution in [-0.4, -0.2) is 29.2 Å². The third kappa shape index (κ3) is 2.16. The second-order valence-corrected chi connectivity index (χ2v) is 7.00. The van der Waals surface area contributed by atoms with Crippen LogP contribution in [0.15, 0.2) is 17.5 Å². The molecule has 1 atom stereocenters. The summed E-state index contributed by atoms with van der Waals surface area (Å²) in [6.07, 6.45) is 1.12. The van der Waals surface area contributed by atoms with Crippen LogP contribution in [0.1, 0.15) is 16.1 Å². The van der Waals surface area contributed by atoms with E-state index in [4.69, 9.17) is 0 Å². The third-order valence-corrected chi connectivity index (χ3v) is 6.14. The summed E-state index contributed by atoms with van der Waals surface area (Å²) in [6, 6.07) is 4.13. The number of alkyl halides is 1. The standard InChI is InChI=1S/C12H12BrNOS2/c13-6-8-1-3-14(7-8)12(15)11-5-10-9(17-11)2-4-16-10/h2,4-5,8H,1,3,6-7H2. The van der Waals surface area contributed by atoms with Gasteiger partial charge < -0.3 is 4.90 Å². The average molecular weight is 330 g/mol. The Kier molecular flexibility index (Phi) is 3.23. The van der Waals surface area contributed by atoms with Crippen LogP contribution in [0.4, 0.5) is 0 Å². The lowest BCUT2D eigenvalue weighted by Gasteiger charge is -2.14. The van der Waals surface area contributed by atoms with E-state index in [9.17, 15) is 4.79 Å². The van der Waals surface area contributed by atoms with Gasteiger partial charge in [0.2, 0.25) is 0 Å². The molecule has 0 radical (unpaired) electrons. The maximum absolute atomic E-state index is 12.3. The molecule has 0 aromatic carbocycles. The van der Waals surface area contributed by atoms with E-state index >= 15 is 0 Å². The Morgan fingerprint density at radius 2 is 2.41 bits per heavy atom. The van der Waals surface area contributed by atoms with Crippen LogP contribution >= 0.6 is 38.6 Å². The predicted octanol–water partition coefficient (Wildman–Crippen LogP) is 3.82. The molecule has 0 aliphatic carbocycles. The van der Waals surface area contributed by atoms with Crippen molar-refractivity contribution in [3.05, 3.63) is 22.4 Å². The maximum atomic E-state index is 12.3. The van der Waals surface area contributed by atoms with E-state index in [-0.39, 0.29) is 5.91 Å². The molecule has 1 saturated heterocycles. The van der Waals surface area contributed by atoms with Crippen molar-refractivity contribution in [1.29, 1.82) is 0 Å². The van der Waals surface area contributed by atoms with Crippen LogP contribution in [0.25, 0.3) is 9.40 Å². The SMILES string of the molecule is O=C(c1cc2sccc2s1)N1CCC(CBr)C1. The molecule has 1 unspecified atom stereocenters. The Morgan fingerprint density at radius 3 is 3.12 bits per heavy atom. The molecule has 0 bridgehead atoms. The van der Waals surface area contributed by atoms with Crippen molar-refractivity contribution in [2.24, 2.45) is 5.92 Å². The van der Waals surface area contributed by atoms with E-state index in [1.165, 1.54) is 9.40 Å². The molecule has 1 fully saturated rings.